The Hall–Kier alpha value is -2.66. The third kappa shape index (κ3) is 4.55. The van der Waals surface area contributed by atoms with Gasteiger partial charge in [-0.05, 0) is 35.6 Å². The lowest BCUT2D eigenvalue weighted by atomic mass is 9.87. The van der Waals surface area contributed by atoms with E-state index in [0.29, 0.717) is 17.3 Å². The van der Waals surface area contributed by atoms with E-state index in [1.54, 1.807) is 6.92 Å². The number of hydrogen-bond acceptors (Lipinski definition) is 5. The zero-order valence-corrected chi connectivity index (χ0v) is 16.7. The molecule has 0 aliphatic heterocycles. The molecule has 3 aromatic rings. The van der Waals surface area contributed by atoms with Gasteiger partial charge in [0.25, 0.3) is 0 Å². The number of benzene rings is 2. The van der Waals surface area contributed by atoms with Crippen molar-refractivity contribution in [1.82, 2.24) is 4.98 Å². The number of rotatable bonds is 5. The van der Waals surface area contributed by atoms with Crippen molar-refractivity contribution < 1.29 is 14.6 Å². The molecule has 0 amide bonds. The van der Waals surface area contributed by atoms with E-state index in [9.17, 15) is 9.90 Å². The molecule has 0 saturated heterocycles. The first kappa shape index (κ1) is 19.1. The topological polar surface area (TPSA) is 62.2 Å². The fourth-order valence-electron chi connectivity index (χ4n) is 2.67. The second-order valence-corrected chi connectivity index (χ2v) is 8.48. The lowest BCUT2D eigenvalue weighted by Gasteiger charge is -2.19. The number of carboxylic acid groups (broad SMARTS) is 1. The molecule has 4 nitrogen and oxygen atoms in total. The lowest BCUT2D eigenvalue weighted by molar-refractivity contribution is -0.254. The quantitative estimate of drug-likeness (QED) is 0.660. The van der Waals surface area contributed by atoms with Crippen molar-refractivity contribution >= 4 is 17.3 Å². The summed E-state index contributed by atoms with van der Waals surface area (Å²) >= 11 is 1.14. The van der Waals surface area contributed by atoms with Crippen LogP contribution in [0, 0.1) is 6.92 Å². The number of carbonyl (C=O) groups excluding carboxylic acids is 1. The normalized spacial score (nSPS) is 11.4. The van der Waals surface area contributed by atoms with Gasteiger partial charge >= 0.3 is 0 Å². The van der Waals surface area contributed by atoms with Crippen molar-refractivity contribution in [2.75, 3.05) is 0 Å². The minimum Gasteiger partial charge on any atom is -0.544 e. The van der Waals surface area contributed by atoms with Crippen LogP contribution in [0.3, 0.4) is 0 Å². The number of hydrogen-bond donors (Lipinski definition) is 0. The number of carboxylic acids is 1. The minimum absolute atomic E-state index is 0.124. The predicted molar refractivity (Wildman–Crippen MR) is 106 cm³/mol. The van der Waals surface area contributed by atoms with Gasteiger partial charge < -0.3 is 14.6 Å². The standard InChI is InChI=1S/C22H23NO3S/c1-14-19(21(24)25)27-20(23-14)16-7-5-15(6-8-16)13-26-18-11-9-17(10-12-18)22(2,3)4/h5-12H,13H2,1-4H3,(H,24,25)/p-1. The fraction of sp³-hybridized carbons (Fsp3) is 0.273. The molecule has 27 heavy (non-hydrogen) atoms. The van der Waals surface area contributed by atoms with Crippen LogP contribution in [0.4, 0.5) is 0 Å². The Morgan fingerprint density at radius 2 is 1.70 bits per heavy atom. The lowest BCUT2D eigenvalue weighted by Crippen LogP contribution is -2.21. The number of ether oxygens (including phenoxy) is 1. The number of thiazole rings is 1. The van der Waals surface area contributed by atoms with Gasteiger partial charge in [0, 0.05) is 5.56 Å². The van der Waals surface area contributed by atoms with Gasteiger partial charge in [0.2, 0.25) is 0 Å². The van der Waals surface area contributed by atoms with E-state index in [1.165, 1.54) is 5.56 Å². The molecule has 1 aromatic heterocycles. The van der Waals surface area contributed by atoms with Gasteiger partial charge in [-0.15, -0.1) is 11.3 Å². The van der Waals surface area contributed by atoms with E-state index in [4.69, 9.17) is 4.74 Å². The molecule has 5 heteroatoms. The number of aromatic carboxylic acids is 1. The zero-order chi connectivity index (χ0) is 19.6. The Balaban J connectivity index is 1.66. The maximum Gasteiger partial charge on any atom is 0.124 e. The van der Waals surface area contributed by atoms with Crippen LogP contribution in [-0.4, -0.2) is 11.0 Å². The first-order valence-electron chi connectivity index (χ1n) is 8.75. The molecule has 1 heterocycles. The summed E-state index contributed by atoms with van der Waals surface area (Å²) in [6.45, 7) is 8.70. The molecular formula is C22H22NO3S-. The van der Waals surface area contributed by atoms with Crippen LogP contribution >= 0.6 is 11.3 Å². The molecule has 0 fully saturated rings. The SMILES string of the molecule is Cc1nc(-c2ccc(COc3ccc(C(C)(C)C)cc3)cc2)sc1C(=O)[O-]. The van der Waals surface area contributed by atoms with Crippen molar-refractivity contribution in [2.24, 2.45) is 0 Å². The molecular weight excluding hydrogens is 358 g/mol. The summed E-state index contributed by atoms with van der Waals surface area (Å²) in [5.74, 6) is -0.347. The summed E-state index contributed by atoms with van der Waals surface area (Å²) < 4.78 is 5.86. The second kappa shape index (κ2) is 7.53. The summed E-state index contributed by atoms with van der Waals surface area (Å²) in [6.07, 6.45) is 0. The van der Waals surface area contributed by atoms with Crippen LogP contribution in [0.25, 0.3) is 10.6 Å². The average molecular weight is 380 g/mol. The first-order chi connectivity index (χ1) is 12.7. The number of carbonyl (C=O) groups is 1. The van der Waals surface area contributed by atoms with Gasteiger partial charge in [-0.1, -0.05) is 57.2 Å². The van der Waals surface area contributed by atoms with Gasteiger partial charge in [0.15, 0.2) is 0 Å². The molecule has 0 aliphatic rings. The van der Waals surface area contributed by atoms with Crippen LogP contribution in [-0.2, 0) is 12.0 Å². The Morgan fingerprint density at radius 3 is 2.22 bits per heavy atom. The Morgan fingerprint density at radius 1 is 1.07 bits per heavy atom. The Labute approximate surface area is 163 Å². The highest BCUT2D eigenvalue weighted by Gasteiger charge is 2.13. The summed E-state index contributed by atoms with van der Waals surface area (Å²) in [5.41, 5.74) is 3.80. The number of nitrogens with zero attached hydrogens (tertiary/aromatic N) is 1. The van der Waals surface area contributed by atoms with Crippen molar-refractivity contribution in [3.63, 3.8) is 0 Å². The second-order valence-electron chi connectivity index (χ2n) is 7.48. The van der Waals surface area contributed by atoms with E-state index < -0.39 is 5.97 Å². The minimum atomic E-state index is -1.18. The van der Waals surface area contributed by atoms with Crippen molar-refractivity contribution in [3.05, 3.63) is 70.2 Å². The molecule has 0 aliphatic carbocycles. The maximum atomic E-state index is 11.1. The van der Waals surface area contributed by atoms with Gasteiger partial charge in [-0.3, -0.25) is 0 Å². The third-order valence-electron chi connectivity index (χ3n) is 4.31. The molecule has 0 saturated carbocycles. The summed E-state index contributed by atoms with van der Waals surface area (Å²) in [4.78, 5) is 15.6. The first-order valence-corrected chi connectivity index (χ1v) is 9.57. The molecule has 0 bridgehead atoms. The predicted octanol–water partition coefficient (Wildman–Crippen LogP) is 4.36. The number of aryl methyl sites for hydroxylation is 1. The van der Waals surface area contributed by atoms with Crippen LogP contribution in [0.2, 0.25) is 0 Å². The van der Waals surface area contributed by atoms with Crippen LogP contribution < -0.4 is 9.84 Å². The monoisotopic (exact) mass is 380 g/mol. The maximum absolute atomic E-state index is 11.1. The highest BCUT2D eigenvalue weighted by Crippen LogP contribution is 2.28. The highest BCUT2D eigenvalue weighted by molar-refractivity contribution is 7.17. The van der Waals surface area contributed by atoms with Crippen molar-refractivity contribution in [1.29, 1.82) is 0 Å². The number of aromatic nitrogens is 1. The van der Waals surface area contributed by atoms with Crippen molar-refractivity contribution in [3.8, 4) is 16.3 Å². The van der Waals surface area contributed by atoms with Gasteiger partial charge in [-0.25, -0.2) is 4.98 Å². The van der Waals surface area contributed by atoms with Gasteiger partial charge in [0.1, 0.15) is 17.4 Å². The highest BCUT2D eigenvalue weighted by atomic mass is 32.1. The largest absolute Gasteiger partial charge is 0.544 e. The van der Waals surface area contributed by atoms with E-state index in [-0.39, 0.29) is 10.3 Å². The van der Waals surface area contributed by atoms with E-state index in [1.807, 2.05) is 36.4 Å². The van der Waals surface area contributed by atoms with E-state index in [2.05, 4.69) is 37.9 Å². The third-order valence-corrected chi connectivity index (χ3v) is 5.50. The summed E-state index contributed by atoms with van der Waals surface area (Å²) in [7, 11) is 0. The van der Waals surface area contributed by atoms with Crippen molar-refractivity contribution in [2.45, 2.75) is 39.7 Å². The smallest absolute Gasteiger partial charge is 0.124 e. The molecule has 0 N–H and O–H groups in total. The zero-order valence-electron chi connectivity index (χ0n) is 15.9. The Kier molecular flexibility index (Phi) is 5.33. The molecule has 0 unspecified atom stereocenters. The summed E-state index contributed by atoms with van der Waals surface area (Å²) in [6, 6.07) is 16.0. The molecule has 3 rings (SSSR count). The molecule has 0 atom stereocenters. The van der Waals surface area contributed by atoms with Crippen LogP contribution in [0.15, 0.2) is 48.5 Å². The molecule has 0 radical (unpaired) electrons. The Bertz CT molecular complexity index is 935. The van der Waals surface area contributed by atoms with E-state index in [0.717, 1.165) is 28.2 Å². The molecule has 140 valence electrons. The average Bonchev–Trinajstić information content (AvgIpc) is 3.02. The summed E-state index contributed by atoms with van der Waals surface area (Å²) in [5, 5.41) is 11.7. The van der Waals surface area contributed by atoms with Crippen LogP contribution in [0.5, 0.6) is 5.75 Å². The van der Waals surface area contributed by atoms with Crippen LogP contribution in [0.1, 0.15) is 47.3 Å². The van der Waals surface area contributed by atoms with Gasteiger partial charge in [-0.2, -0.15) is 0 Å². The molecule has 2 aromatic carbocycles. The van der Waals surface area contributed by atoms with Gasteiger partial charge in [0.05, 0.1) is 16.5 Å². The fourth-order valence-corrected chi connectivity index (χ4v) is 3.58. The van der Waals surface area contributed by atoms with E-state index >= 15 is 0 Å². The molecule has 0 spiro atoms.